The molecule has 0 saturated heterocycles. The summed E-state index contributed by atoms with van der Waals surface area (Å²) in [6, 6.07) is 28.5. The van der Waals surface area contributed by atoms with E-state index in [4.69, 9.17) is 60.2 Å². The van der Waals surface area contributed by atoms with E-state index in [1.807, 2.05) is 30.3 Å². The molecule has 2 fully saturated rings. The van der Waals surface area contributed by atoms with E-state index in [-0.39, 0.29) is 34.6 Å². The molecule has 87 heavy (non-hydrogen) atoms. The highest BCUT2D eigenvalue weighted by Crippen LogP contribution is 2.37. The molecule has 2 saturated carbocycles. The smallest absolute Gasteiger partial charge is 0.330 e. The third kappa shape index (κ3) is 20.9. The minimum atomic E-state index is -1.22. The predicted molar refractivity (Wildman–Crippen MR) is 337 cm³/mol. The fourth-order valence-corrected chi connectivity index (χ4v) is 11.6. The Balaban J connectivity index is 0.855. The number of thiocarbonyl (C=S) groups is 1. The summed E-state index contributed by atoms with van der Waals surface area (Å²) in [5.41, 5.74) is 2.07. The van der Waals surface area contributed by atoms with Gasteiger partial charge in [0.25, 0.3) is 0 Å². The van der Waals surface area contributed by atoms with Crippen molar-refractivity contribution in [3.63, 3.8) is 0 Å². The zero-order chi connectivity index (χ0) is 61.2. The maximum atomic E-state index is 14.1. The van der Waals surface area contributed by atoms with Gasteiger partial charge >= 0.3 is 23.9 Å². The number of carbonyl (C=O) groups excluding carboxylic acids is 4. The van der Waals surface area contributed by atoms with Gasteiger partial charge in [-0.05, 0) is 213 Å². The standard InChI is InChI=1S/C67H78N4O14S2/c1-3-60(72)80-42-16-7-5-14-40-78-52-30-34-54(35-31-52)82-62(74)46-22-24-48(25-23-46)64(76)84-56-38-39-58(50(44-56)45-68-71(66(86)69-51-18-10-9-11-19-51)67-70-57-20-12-13-21-59(57)87-67)85-65(77)49-28-26-47(27-29-49)63(75)83-55-36-32-53(33-37-55)79-41-15-6-8-17-43-81-61(73)4-2/h3-4,9-11,13,18-19,21,30-39,44-49,63-64,75-76H,1-2,5-8,12,14-17,20,22-29,40-43H2,(H,69,86)/b68-45+. The number of unbranched alkanes of at least 4 members (excludes halogenated alkanes) is 6. The molecule has 8 rings (SSSR count). The van der Waals surface area contributed by atoms with Crippen LogP contribution in [-0.2, 0) is 35.1 Å². The van der Waals surface area contributed by atoms with Crippen LogP contribution in [0.3, 0.4) is 0 Å². The molecule has 0 radical (unpaired) electrons. The van der Waals surface area contributed by atoms with Gasteiger partial charge in [0.05, 0.1) is 55.0 Å². The van der Waals surface area contributed by atoms with E-state index in [2.05, 4.69) is 30.6 Å². The summed E-state index contributed by atoms with van der Waals surface area (Å²) < 4.78 is 45.9. The number of allylic oxidation sites excluding steroid dienone is 1. The normalized spacial score (nSPS) is 17.8. The molecule has 5 aromatic rings. The van der Waals surface area contributed by atoms with Crippen LogP contribution in [0.25, 0.3) is 6.08 Å². The number of aromatic nitrogens is 1. The molecule has 2 atom stereocenters. The largest absolute Gasteiger partial charge is 0.494 e. The van der Waals surface area contributed by atoms with Gasteiger partial charge in [-0.2, -0.15) is 10.1 Å². The Hall–Kier alpha value is -7.91. The van der Waals surface area contributed by atoms with E-state index >= 15 is 0 Å². The van der Waals surface area contributed by atoms with Crippen LogP contribution in [0.1, 0.15) is 125 Å². The molecule has 0 amide bonds. The number of hydrazone groups is 1. The maximum Gasteiger partial charge on any atom is 0.330 e. The Morgan fingerprint density at radius 1 is 0.644 bits per heavy atom. The Bertz CT molecular complexity index is 3100. The lowest BCUT2D eigenvalue weighted by molar-refractivity contribution is -0.142. The van der Waals surface area contributed by atoms with Gasteiger partial charge < -0.3 is 53.4 Å². The number of carbonyl (C=O) groups is 4. The summed E-state index contributed by atoms with van der Waals surface area (Å²) in [4.78, 5) is 55.7. The number of esters is 4. The van der Waals surface area contributed by atoms with E-state index in [0.717, 1.165) is 92.6 Å². The Labute approximate surface area is 518 Å². The zero-order valence-electron chi connectivity index (χ0n) is 49.0. The second-order valence-corrected chi connectivity index (χ2v) is 23.0. The van der Waals surface area contributed by atoms with Crippen molar-refractivity contribution in [3.8, 4) is 34.5 Å². The molecule has 4 aromatic carbocycles. The number of thiazole rings is 1. The third-order valence-corrected chi connectivity index (χ3v) is 16.6. The van der Waals surface area contributed by atoms with Gasteiger partial charge in [0, 0.05) is 35.2 Å². The van der Waals surface area contributed by atoms with Crippen molar-refractivity contribution >= 4 is 75.7 Å². The number of hydrogen-bond acceptors (Lipinski definition) is 18. The third-order valence-electron chi connectivity index (χ3n) is 15.3. The average Bonchev–Trinajstić information content (AvgIpc) is 4.19. The Morgan fingerprint density at radius 3 is 1.70 bits per heavy atom. The van der Waals surface area contributed by atoms with Crippen molar-refractivity contribution in [2.45, 2.75) is 128 Å². The van der Waals surface area contributed by atoms with Gasteiger partial charge in [0.2, 0.25) is 10.2 Å². The first-order chi connectivity index (χ1) is 42.4. The van der Waals surface area contributed by atoms with Crippen molar-refractivity contribution in [2.75, 3.05) is 36.8 Å². The molecule has 3 N–H and O–H groups in total. The second-order valence-electron chi connectivity index (χ2n) is 21.6. The molecule has 20 heteroatoms. The molecule has 2 unspecified atom stereocenters. The van der Waals surface area contributed by atoms with Gasteiger partial charge in [0.1, 0.15) is 34.5 Å². The molecule has 0 bridgehead atoms. The molecule has 3 aliphatic rings. The highest BCUT2D eigenvalue weighted by Gasteiger charge is 2.34. The number of aryl methyl sites for hydroxylation is 1. The summed E-state index contributed by atoms with van der Waals surface area (Å²) in [5, 5.41) is 33.2. The van der Waals surface area contributed by atoms with Crippen LogP contribution in [0.15, 0.2) is 134 Å². The number of benzene rings is 4. The topological polar surface area (TPSA) is 223 Å². The number of nitrogens with one attached hydrogen (secondary N) is 1. The molecular formula is C67H78N4O14S2. The fraction of sp³-hybridized carbons (Fsp3) is 0.418. The van der Waals surface area contributed by atoms with Crippen molar-refractivity contribution in [1.29, 1.82) is 0 Å². The molecule has 1 aromatic heterocycles. The van der Waals surface area contributed by atoms with Crippen molar-refractivity contribution in [3.05, 3.63) is 145 Å². The zero-order valence-corrected chi connectivity index (χ0v) is 50.6. The lowest BCUT2D eigenvalue weighted by Gasteiger charge is -2.31. The number of fused-ring (bicyclic) bond motifs is 1. The molecule has 0 spiro atoms. The van der Waals surface area contributed by atoms with Crippen LogP contribution in [0, 0.1) is 23.7 Å². The highest BCUT2D eigenvalue weighted by molar-refractivity contribution is 7.80. The van der Waals surface area contributed by atoms with E-state index in [9.17, 15) is 29.4 Å². The number of nitrogens with zero attached hydrogens (tertiary/aromatic N) is 3. The molecule has 0 aliphatic heterocycles. The minimum Gasteiger partial charge on any atom is -0.494 e. The number of para-hydroxylation sites is 1. The van der Waals surface area contributed by atoms with Gasteiger partial charge in [-0.25, -0.2) is 14.6 Å². The van der Waals surface area contributed by atoms with Crippen LogP contribution < -0.4 is 38.7 Å². The average molecular weight is 1230 g/mol. The van der Waals surface area contributed by atoms with E-state index in [1.165, 1.54) is 17.6 Å². The number of hydrogen-bond donors (Lipinski definition) is 3. The SMILES string of the molecule is C=CC(=O)OCCCCCCOc1ccc(OC(=O)C2CCC(C(O)Oc3ccc(OC(=O)C4CCC(C(O)Oc5ccc(OCCCCCCOC(=O)C=C)cc5)CC4)c(/C=N/N(C(=S)Nc4ccccc4)c4nc5c(s4)C=CCC5)c3)CC2)cc1. The first-order valence-electron chi connectivity index (χ1n) is 30.1. The van der Waals surface area contributed by atoms with E-state index in [1.54, 1.807) is 71.7 Å². The fourth-order valence-electron chi connectivity index (χ4n) is 10.3. The molecule has 462 valence electrons. The Morgan fingerprint density at radius 2 is 1.15 bits per heavy atom. The van der Waals surface area contributed by atoms with E-state index in [0.29, 0.717) is 117 Å². The molecule has 1 heterocycles. The molecular weight excluding hydrogens is 1150 g/mol. The van der Waals surface area contributed by atoms with Gasteiger partial charge in [-0.1, -0.05) is 48.8 Å². The van der Waals surface area contributed by atoms with Crippen LogP contribution in [0.5, 0.6) is 34.5 Å². The number of aliphatic hydroxyl groups is 2. The lowest BCUT2D eigenvalue weighted by Crippen LogP contribution is -2.33. The minimum absolute atomic E-state index is 0.209. The van der Waals surface area contributed by atoms with Gasteiger partial charge in [-0.15, -0.1) is 0 Å². The van der Waals surface area contributed by atoms with Gasteiger partial charge in [0.15, 0.2) is 12.6 Å². The van der Waals surface area contributed by atoms with Crippen LogP contribution in [0.2, 0.25) is 0 Å². The van der Waals surface area contributed by atoms with Crippen LogP contribution in [-0.4, -0.2) is 89.4 Å². The quantitative estimate of drug-likeness (QED) is 0.00532. The predicted octanol–water partition coefficient (Wildman–Crippen LogP) is 12.9. The molecule has 18 nitrogen and oxygen atoms in total. The summed E-state index contributed by atoms with van der Waals surface area (Å²) in [6.07, 6.45) is 18.4. The second kappa shape index (κ2) is 34.4. The highest BCUT2D eigenvalue weighted by atomic mass is 32.1. The van der Waals surface area contributed by atoms with Gasteiger partial charge in [-0.3, -0.25) is 9.59 Å². The number of aliphatic hydroxyl groups excluding tert-OH is 2. The lowest BCUT2D eigenvalue weighted by atomic mass is 9.81. The number of ether oxygens (including phenoxy) is 8. The van der Waals surface area contributed by atoms with Crippen molar-refractivity contribution in [1.82, 2.24) is 4.98 Å². The van der Waals surface area contributed by atoms with Crippen LogP contribution in [0.4, 0.5) is 10.8 Å². The maximum absolute atomic E-state index is 14.1. The van der Waals surface area contributed by atoms with E-state index < -0.39 is 36.4 Å². The first-order valence-corrected chi connectivity index (χ1v) is 31.3. The summed E-state index contributed by atoms with van der Waals surface area (Å²) in [5.74, 6) is -0.0930. The van der Waals surface area contributed by atoms with Crippen LogP contribution >= 0.6 is 23.6 Å². The number of anilines is 2. The summed E-state index contributed by atoms with van der Waals surface area (Å²) >= 11 is 7.42. The monoisotopic (exact) mass is 1230 g/mol. The summed E-state index contributed by atoms with van der Waals surface area (Å²) in [7, 11) is 0. The summed E-state index contributed by atoms with van der Waals surface area (Å²) in [6.45, 7) is 8.61. The van der Waals surface area contributed by atoms with Crippen molar-refractivity contribution in [2.24, 2.45) is 28.8 Å². The Kier molecular flexibility index (Phi) is 25.8. The number of rotatable bonds is 32. The molecule has 3 aliphatic carbocycles. The van der Waals surface area contributed by atoms with Crippen molar-refractivity contribution < 1.29 is 67.3 Å². The first kappa shape index (κ1) is 65.1.